The third-order valence-electron chi connectivity index (χ3n) is 3.25. The van der Waals surface area contributed by atoms with E-state index >= 15 is 0 Å². The Hall–Kier alpha value is -2.53. The van der Waals surface area contributed by atoms with Crippen LogP contribution in [0.5, 0.6) is 0 Å². The molecule has 0 unspecified atom stereocenters. The summed E-state index contributed by atoms with van der Waals surface area (Å²) in [6, 6.07) is 13.7. The Labute approximate surface area is 149 Å². The summed E-state index contributed by atoms with van der Waals surface area (Å²) in [5.74, 6) is -0.384. The van der Waals surface area contributed by atoms with E-state index < -0.39 is 0 Å². The minimum absolute atomic E-state index is 0.111. The second-order valence-corrected chi connectivity index (χ2v) is 4.94. The number of carbonyl (C=O) groups is 2. The van der Waals surface area contributed by atoms with E-state index in [9.17, 15) is 9.18 Å². The summed E-state index contributed by atoms with van der Waals surface area (Å²) < 4.78 is 17.3. The molecule has 0 spiro atoms. The molecule has 0 saturated heterocycles. The van der Waals surface area contributed by atoms with Crippen molar-refractivity contribution in [3.63, 3.8) is 0 Å². The lowest BCUT2D eigenvalue weighted by molar-refractivity contribution is -0.0980. The van der Waals surface area contributed by atoms with Gasteiger partial charge in [-0.2, -0.15) is 0 Å². The molecule has 136 valence electrons. The Morgan fingerprint density at radius 1 is 1.08 bits per heavy atom. The van der Waals surface area contributed by atoms with Gasteiger partial charge in [-0.1, -0.05) is 31.2 Å². The number of methoxy groups -OCH3 is 1. The van der Waals surface area contributed by atoms with E-state index in [4.69, 9.17) is 4.79 Å². The molecule has 0 bridgehead atoms. The predicted molar refractivity (Wildman–Crippen MR) is 98.1 cm³/mol. The first-order valence-corrected chi connectivity index (χ1v) is 8.00. The maximum absolute atomic E-state index is 12.7. The predicted octanol–water partition coefficient (Wildman–Crippen LogP) is 3.79. The van der Waals surface area contributed by atoms with Crippen LogP contribution < -0.4 is 5.32 Å². The number of halogens is 1. The van der Waals surface area contributed by atoms with E-state index in [0.717, 1.165) is 24.2 Å². The van der Waals surface area contributed by atoms with Gasteiger partial charge in [-0.05, 0) is 48.7 Å². The minimum Gasteiger partial charge on any atom is -0.385 e. The third-order valence-corrected chi connectivity index (χ3v) is 3.25. The monoisotopic (exact) mass is 347 g/mol. The molecule has 0 heterocycles. The van der Waals surface area contributed by atoms with Crippen molar-refractivity contribution in [2.24, 2.45) is 0 Å². The van der Waals surface area contributed by atoms with Crippen molar-refractivity contribution in [1.29, 1.82) is 0 Å². The third kappa shape index (κ3) is 9.37. The molecule has 0 atom stereocenters. The van der Waals surface area contributed by atoms with Crippen LogP contribution >= 0.6 is 0 Å². The smallest absolute Gasteiger partial charge is 0.251 e. The van der Waals surface area contributed by atoms with Gasteiger partial charge in [-0.25, -0.2) is 4.39 Å². The van der Waals surface area contributed by atoms with Gasteiger partial charge in [0.15, 0.2) is 0 Å². The molecule has 4 nitrogen and oxygen atoms in total. The number of hydrogen-bond donors (Lipinski definition) is 1. The fourth-order valence-electron chi connectivity index (χ4n) is 1.82. The van der Waals surface area contributed by atoms with Gasteiger partial charge in [0.05, 0.1) is 0 Å². The minimum atomic E-state index is -0.272. The van der Waals surface area contributed by atoms with Crippen LogP contribution in [0.2, 0.25) is 0 Å². The quantitative estimate of drug-likeness (QED) is 0.895. The molecule has 1 N–H and O–H groups in total. The Morgan fingerprint density at radius 3 is 2.20 bits per heavy atom. The van der Waals surface area contributed by atoms with Crippen molar-refractivity contribution >= 4 is 12.7 Å². The van der Waals surface area contributed by atoms with Crippen LogP contribution in [0.15, 0.2) is 48.5 Å². The molecule has 0 saturated carbocycles. The van der Waals surface area contributed by atoms with Crippen molar-refractivity contribution in [3.05, 3.63) is 71.0 Å². The average molecular weight is 347 g/mol. The Morgan fingerprint density at radius 2 is 1.68 bits per heavy atom. The first-order chi connectivity index (χ1) is 12.1. The molecule has 0 fully saturated rings. The number of carbonyl (C=O) groups excluding carboxylic acids is 2. The molecule has 5 heteroatoms. The molecule has 2 aromatic carbocycles. The lowest BCUT2D eigenvalue weighted by Gasteiger charge is -2.06. The van der Waals surface area contributed by atoms with E-state index in [1.807, 2.05) is 31.9 Å². The largest absolute Gasteiger partial charge is 0.385 e. The number of benzene rings is 2. The van der Waals surface area contributed by atoms with Gasteiger partial charge in [0.2, 0.25) is 0 Å². The highest BCUT2D eigenvalue weighted by molar-refractivity contribution is 5.94. The summed E-state index contributed by atoms with van der Waals surface area (Å²) in [5, 5.41) is 2.82. The summed E-state index contributed by atoms with van der Waals surface area (Å²) in [5.41, 5.74) is 2.66. The van der Waals surface area contributed by atoms with Crippen LogP contribution in [0.1, 0.15) is 35.3 Å². The molecule has 0 aliphatic carbocycles. The Bertz CT molecular complexity index is 613. The SMILES string of the molecule is C=O.CCOC.CCc1cccc(C(=O)NCc2ccc(F)cc2)c1. The summed E-state index contributed by atoms with van der Waals surface area (Å²) in [4.78, 5) is 20.0. The van der Waals surface area contributed by atoms with Crippen molar-refractivity contribution in [2.45, 2.75) is 26.8 Å². The Balaban J connectivity index is 0.000000845. The van der Waals surface area contributed by atoms with E-state index in [1.165, 1.54) is 12.1 Å². The molecular weight excluding hydrogens is 321 g/mol. The molecule has 0 radical (unpaired) electrons. The molecule has 1 amide bonds. The standard InChI is InChI=1S/C16H16FNO.C3H8O.CH2O/c1-2-12-4-3-5-14(10-12)16(19)18-11-13-6-8-15(17)9-7-13;1-3-4-2;1-2/h3-10H,2,11H2,1H3,(H,18,19);3H2,1-2H3;1H2. The van der Waals surface area contributed by atoms with Crippen LogP contribution in [-0.2, 0) is 22.5 Å². The van der Waals surface area contributed by atoms with Crippen molar-refractivity contribution in [3.8, 4) is 0 Å². The molecule has 0 aromatic heterocycles. The fraction of sp³-hybridized carbons (Fsp3) is 0.300. The fourth-order valence-corrected chi connectivity index (χ4v) is 1.82. The van der Waals surface area contributed by atoms with Gasteiger partial charge in [0.25, 0.3) is 5.91 Å². The molecular formula is C20H26FNO3. The second-order valence-electron chi connectivity index (χ2n) is 4.94. The van der Waals surface area contributed by atoms with Gasteiger partial charge in [0, 0.05) is 25.8 Å². The summed E-state index contributed by atoms with van der Waals surface area (Å²) >= 11 is 0. The van der Waals surface area contributed by atoms with Gasteiger partial charge >= 0.3 is 0 Å². The van der Waals surface area contributed by atoms with Crippen LogP contribution in [0.4, 0.5) is 4.39 Å². The number of ether oxygens (including phenoxy) is 1. The normalized spacial score (nSPS) is 9.12. The topological polar surface area (TPSA) is 55.4 Å². The molecule has 2 rings (SSSR count). The zero-order valence-electron chi connectivity index (χ0n) is 15.0. The molecule has 2 aromatic rings. The van der Waals surface area contributed by atoms with Crippen LogP contribution in [-0.4, -0.2) is 26.4 Å². The second kappa shape index (κ2) is 13.9. The van der Waals surface area contributed by atoms with E-state index in [2.05, 4.69) is 17.0 Å². The zero-order valence-corrected chi connectivity index (χ0v) is 15.0. The highest BCUT2D eigenvalue weighted by Crippen LogP contribution is 2.07. The van der Waals surface area contributed by atoms with Crippen molar-refractivity contribution < 1.29 is 18.7 Å². The number of nitrogens with one attached hydrogen (secondary N) is 1. The van der Waals surface area contributed by atoms with Gasteiger partial charge in [0.1, 0.15) is 12.6 Å². The Kier molecular flexibility index (Phi) is 12.5. The number of hydrogen-bond acceptors (Lipinski definition) is 3. The zero-order chi connectivity index (χ0) is 19.1. The maximum atomic E-state index is 12.7. The van der Waals surface area contributed by atoms with Crippen LogP contribution in [0.3, 0.4) is 0 Å². The average Bonchev–Trinajstić information content (AvgIpc) is 2.69. The highest BCUT2D eigenvalue weighted by atomic mass is 19.1. The number of amides is 1. The van der Waals surface area contributed by atoms with Crippen LogP contribution in [0, 0.1) is 5.82 Å². The summed E-state index contributed by atoms with van der Waals surface area (Å²) in [6.07, 6.45) is 0.902. The van der Waals surface area contributed by atoms with Crippen LogP contribution in [0.25, 0.3) is 0 Å². The lowest BCUT2D eigenvalue weighted by atomic mass is 10.1. The lowest BCUT2D eigenvalue weighted by Crippen LogP contribution is -2.22. The molecule has 0 aliphatic rings. The van der Waals surface area contributed by atoms with E-state index in [-0.39, 0.29) is 11.7 Å². The van der Waals surface area contributed by atoms with Gasteiger partial charge < -0.3 is 14.8 Å². The van der Waals surface area contributed by atoms with E-state index in [1.54, 1.807) is 25.3 Å². The number of aryl methyl sites for hydroxylation is 1. The number of rotatable bonds is 5. The van der Waals surface area contributed by atoms with Crippen molar-refractivity contribution in [1.82, 2.24) is 5.32 Å². The van der Waals surface area contributed by atoms with E-state index in [0.29, 0.717) is 12.1 Å². The van der Waals surface area contributed by atoms with Gasteiger partial charge in [-0.3, -0.25) is 4.79 Å². The maximum Gasteiger partial charge on any atom is 0.251 e. The first kappa shape index (κ1) is 22.5. The highest BCUT2D eigenvalue weighted by Gasteiger charge is 2.05. The van der Waals surface area contributed by atoms with Crippen molar-refractivity contribution in [2.75, 3.05) is 13.7 Å². The molecule has 25 heavy (non-hydrogen) atoms. The summed E-state index contributed by atoms with van der Waals surface area (Å²) in [6.45, 7) is 7.23. The molecule has 0 aliphatic heterocycles. The van der Waals surface area contributed by atoms with Gasteiger partial charge in [-0.15, -0.1) is 0 Å². The summed E-state index contributed by atoms with van der Waals surface area (Å²) in [7, 11) is 1.68. The first-order valence-electron chi connectivity index (χ1n) is 8.00.